The predicted molar refractivity (Wildman–Crippen MR) is 169 cm³/mol. The van der Waals surface area contributed by atoms with E-state index >= 15 is 0 Å². The van der Waals surface area contributed by atoms with E-state index in [1.54, 1.807) is 29.7 Å². The van der Waals surface area contributed by atoms with Crippen molar-refractivity contribution in [2.75, 3.05) is 42.9 Å². The van der Waals surface area contributed by atoms with Gasteiger partial charge in [0.05, 0.1) is 23.7 Å². The van der Waals surface area contributed by atoms with E-state index in [0.29, 0.717) is 25.1 Å². The van der Waals surface area contributed by atoms with Gasteiger partial charge in [-0.3, -0.25) is 29.8 Å². The number of nitro groups is 1. The van der Waals surface area contributed by atoms with Crippen molar-refractivity contribution in [1.29, 1.82) is 0 Å². The Balaban J connectivity index is 1.21. The van der Waals surface area contributed by atoms with Gasteiger partial charge in [-0.05, 0) is 41.8 Å². The van der Waals surface area contributed by atoms with Crippen LogP contribution in [0, 0.1) is 10.1 Å². The molecule has 46 heavy (non-hydrogen) atoms. The van der Waals surface area contributed by atoms with Gasteiger partial charge >= 0.3 is 0 Å². The van der Waals surface area contributed by atoms with E-state index in [4.69, 9.17) is 14.7 Å². The minimum absolute atomic E-state index is 0.0348. The van der Waals surface area contributed by atoms with Crippen LogP contribution in [0.25, 0.3) is 0 Å². The summed E-state index contributed by atoms with van der Waals surface area (Å²) >= 11 is 0. The third-order valence-corrected chi connectivity index (χ3v) is 8.27. The molecular weight excluding hydrogens is 594 g/mol. The Labute approximate surface area is 266 Å². The molecule has 2 amide bonds. The number of nitrogens with zero attached hydrogens (tertiary/aromatic N) is 3. The zero-order valence-corrected chi connectivity index (χ0v) is 25.4. The molecule has 2 saturated heterocycles. The van der Waals surface area contributed by atoms with Crippen molar-refractivity contribution in [1.82, 2.24) is 10.4 Å². The lowest BCUT2D eigenvalue weighted by Crippen LogP contribution is -2.49. The van der Waals surface area contributed by atoms with E-state index in [2.05, 4.69) is 15.1 Å². The Morgan fingerprint density at radius 2 is 1.52 bits per heavy atom. The number of benzene rings is 3. The number of rotatable bonds is 12. The molecule has 4 N–H and O–H groups in total. The Hall–Kier alpha value is -4.40. The van der Waals surface area contributed by atoms with Gasteiger partial charge in [0.2, 0.25) is 11.8 Å². The Kier molecular flexibility index (Phi) is 11.3. The number of aliphatic hydroxyl groups is 1. The van der Waals surface area contributed by atoms with Crippen LogP contribution in [-0.2, 0) is 25.7 Å². The first-order valence-corrected chi connectivity index (χ1v) is 15.4. The van der Waals surface area contributed by atoms with Crippen molar-refractivity contribution in [2.24, 2.45) is 0 Å². The van der Waals surface area contributed by atoms with Crippen LogP contribution in [0.2, 0.25) is 0 Å². The molecule has 5 rings (SSSR count). The van der Waals surface area contributed by atoms with Gasteiger partial charge in [0.15, 0.2) is 6.29 Å². The van der Waals surface area contributed by atoms with Gasteiger partial charge in [0, 0.05) is 81.1 Å². The molecule has 0 unspecified atom stereocenters. The third kappa shape index (κ3) is 8.86. The van der Waals surface area contributed by atoms with Gasteiger partial charge in [-0.1, -0.05) is 36.4 Å². The first kappa shape index (κ1) is 33.0. The maximum atomic E-state index is 12.3. The lowest BCUT2D eigenvalue weighted by atomic mass is 9.99. The molecule has 3 atom stereocenters. The van der Waals surface area contributed by atoms with Gasteiger partial charge < -0.3 is 24.8 Å². The minimum atomic E-state index is -0.635. The van der Waals surface area contributed by atoms with E-state index in [0.717, 1.165) is 48.6 Å². The number of non-ortho nitro benzene ring substituents is 1. The van der Waals surface area contributed by atoms with E-state index in [9.17, 15) is 24.8 Å². The quantitative estimate of drug-likeness (QED) is 0.130. The molecule has 13 nitrogen and oxygen atoms in total. The molecule has 0 aromatic heterocycles. The summed E-state index contributed by atoms with van der Waals surface area (Å²) in [5, 5.41) is 31.9. The molecule has 0 radical (unpaired) electrons. The molecule has 2 aliphatic heterocycles. The number of carbonyl (C=O) groups is 2. The minimum Gasteiger partial charge on any atom is -0.392 e. The highest BCUT2D eigenvalue weighted by atomic mass is 16.7. The van der Waals surface area contributed by atoms with Gasteiger partial charge in [-0.25, -0.2) is 5.48 Å². The summed E-state index contributed by atoms with van der Waals surface area (Å²) in [6.07, 6.45) is 0.180. The summed E-state index contributed by atoms with van der Waals surface area (Å²) < 4.78 is 13.0. The van der Waals surface area contributed by atoms with Gasteiger partial charge in [-0.15, -0.1) is 0 Å². The zero-order chi connectivity index (χ0) is 32.5. The van der Waals surface area contributed by atoms with Gasteiger partial charge in [0.25, 0.3) is 5.69 Å². The summed E-state index contributed by atoms with van der Waals surface area (Å²) in [5.41, 5.74) is 5.84. The number of hydrogen-bond acceptors (Lipinski definition) is 10. The normalized spacial score (nSPS) is 20.2. The number of amides is 2. The third-order valence-electron chi connectivity index (χ3n) is 8.27. The van der Waals surface area contributed by atoms with E-state index in [1.807, 2.05) is 36.4 Å². The molecular formula is C33H39N5O8. The lowest BCUT2D eigenvalue weighted by molar-refractivity contribution is -0.384. The predicted octanol–water partition coefficient (Wildman–Crippen LogP) is 4.07. The molecule has 2 aliphatic rings. The van der Waals surface area contributed by atoms with Crippen LogP contribution in [0.5, 0.6) is 0 Å². The summed E-state index contributed by atoms with van der Waals surface area (Å²) in [5.74, 6) is -0.765. The fraction of sp³-hybridized carbons (Fsp3) is 0.394. The van der Waals surface area contributed by atoms with Crippen LogP contribution in [0.1, 0.15) is 54.8 Å². The second-order valence-corrected chi connectivity index (χ2v) is 11.5. The van der Waals surface area contributed by atoms with Crippen LogP contribution in [0.15, 0.2) is 72.8 Å². The maximum Gasteiger partial charge on any atom is 0.269 e. The number of hydroxylamine groups is 1. The smallest absolute Gasteiger partial charge is 0.269 e. The maximum absolute atomic E-state index is 12.3. The number of piperazine rings is 1. The number of hydrogen-bond donors (Lipinski definition) is 4. The molecule has 2 heterocycles. The van der Waals surface area contributed by atoms with Crippen molar-refractivity contribution in [3.63, 3.8) is 0 Å². The number of nitro benzene ring substituents is 1. The molecule has 3 aromatic rings. The highest BCUT2D eigenvalue weighted by Gasteiger charge is 2.34. The average Bonchev–Trinajstić information content (AvgIpc) is 3.08. The first-order chi connectivity index (χ1) is 22.3. The fourth-order valence-corrected chi connectivity index (χ4v) is 5.71. The van der Waals surface area contributed by atoms with Crippen molar-refractivity contribution < 1.29 is 34.3 Å². The van der Waals surface area contributed by atoms with Gasteiger partial charge in [-0.2, -0.15) is 0 Å². The molecule has 3 aromatic carbocycles. The second-order valence-electron chi connectivity index (χ2n) is 11.5. The largest absolute Gasteiger partial charge is 0.392 e. The Morgan fingerprint density at radius 3 is 2.15 bits per heavy atom. The number of anilines is 2. The molecule has 0 saturated carbocycles. The van der Waals surface area contributed by atoms with E-state index in [-0.39, 0.29) is 43.3 Å². The van der Waals surface area contributed by atoms with Gasteiger partial charge in [0.1, 0.15) is 0 Å². The SMILES string of the molecule is O=C(CCCC(=O)Nc1ccc([C@H]2O[C@@H](CN3CCN(c4ccc([N+](=O)[O-])cc4)CC3)C[C@@H](c3ccc(CO)cc3)O2)cc1)NO. The summed E-state index contributed by atoms with van der Waals surface area (Å²) in [6, 6.07) is 21.7. The van der Waals surface area contributed by atoms with Crippen LogP contribution in [0.3, 0.4) is 0 Å². The molecule has 244 valence electrons. The van der Waals surface area contributed by atoms with Crippen LogP contribution in [0.4, 0.5) is 17.1 Å². The molecule has 13 heteroatoms. The summed E-state index contributed by atoms with van der Waals surface area (Å²) in [4.78, 5) is 38.7. The van der Waals surface area contributed by atoms with E-state index < -0.39 is 17.1 Å². The molecule has 0 bridgehead atoms. The standard InChI is InChI=1S/C33H39N5O8/c39-22-23-4-6-24(7-5-23)30-20-29(21-36-16-18-37(19-17-36)27-12-14-28(15-13-27)38(43)44)45-33(46-30)25-8-10-26(11-9-25)34-31(40)2-1-3-32(41)35-42/h4-15,29-30,33,39,42H,1-3,16-22H2,(H,34,40)(H,35,41)/t29-,30+,33+/m1/s1. The molecule has 0 aliphatic carbocycles. The second kappa shape index (κ2) is 15.7. The number of ether oxygens (including phenoxy) is 2. The molecule has 2 fully saturated rings. The van der Waals surface area contributed by atoms with Crippen molar-refractivity contribution in [3.05, 3.63) is 99.6 Å². The van der Waals surface area contributed by atoms with Crippen molar-refractivity contribution >= 4 is 28.9 Å². The summed E-state index contributed by atoms with van der Waals surface area (Å²) in [6.45, 7) is 3.89. The zero-order valence-electron chi connectivity index (χ0n) is 25.4. The van der Waals surface area contributed by atoms with Crippen molar-refractivity contribution in [2.45, 2.75) is 50.8 Å². The van der Waals surface area contributed by atoms with Crippen molar-refractivity contribution in [3.8, 4) is 0 Å². The Bertz CT molecular complexity index is 1460. The summed E-state index contributed by atoms with van der Waals surface area (Å²) in [7, 11) is 0. The van der Waals surface area contributed by atoms with Crippen LogP contribution < -0.4 is 15.7 Å². The molecule has 0 spiro atoms. The van der Waals surface area contributed by atoms with E-state index in [1.165, 1.54) is 12.1 Å². The highest BCUT2D eigenvalue weighted by Crippen LogP contribution is 2.38. The topological polar surface area (TPSA) is 167 Å². The monoisotopic (exact) mass is 633 g/mol. The number of aliphatic hydroxyl groups excluding tert-OH is 1. The Morgan fingerprint density at radius 1 is 0.870 bits per heavy atom. The number of nitrogens with one attached hydrogen (secondary N) is 2. The lowest BCUT2D eigenvalue weighted by Gasteiger charge is -2.41. The fourth-order valence-electron chi connectivity index (χ4n) is 5.71. The number of carbonyl (C=O) groups excluding carboxylic acids is 2. The van der Waals surface area contributed by atoms with Crippen LogP contribution in [-0.4, -0.2) is 70.8 Å². The first-order valence-electron chi connectivity index (χ1n) is 15.4. The highest BCUT2D eigenvalue weighted by molar-refractivity contribution is 5.91. The average molecular weight is 634 g/mol. The van der Waals surface area contributed by atoms with Crippen LogP contribution >= 0.6 is 0 Å².